The number of benzene rings is 4. The highest BCUT2D eigenvalue weighted by molar-refractivity contribution is 6.32. The van der Waals surface area contributed by atoms with E-state index >= 15 is 0 Å². The minimum absolute atomic E-state index is 0.0230. The van der Waals surface area contributed by atoms with E-state index in [-0.39, 0.29) is 49.6 Å². The van der Waals surface area contributed by atoms with Crippen LogP contribution in [0, 0.1) is 13.8 Å². The second-order valence-corrected chi connectivity index (χ2v) is 18.8. The van der Waals surface area contributed by atoms with Crippen molar-refractivity contribution < 1.29 is 49.0 Å². The van der Waals surface area contributed by atoms with Gasteiger partial charge < -0.3 is 39.4 Å². The van der Waals surface area contributed by atoms with Gasteiger partial charge in [-0.1, -0.05) is 71.7 Å². The number of pyridine rings is 2. The maximum Gasteiger partial charge on any atom is 0.323 e. The molecule has 0 saturated carbocycles. The van der Waals surface area contributed by atoms with Gasteiger partial charge in [-0.25, -0.2) is 19.3 Å². The molecule has 4 aromatic heterocycles. The van der Waals surface area contributed by atoms with Crippen LogP contribution in [-0.4, -0.2) is 86.2 Å². The predicted octanol–water partition coefficient (Wildman–Crippen LogP) is 8.60. The van der Waals surface area contributed by atoms with Crippen molar-refractivity contribution in [3.8, 4) is 45.8 Å². The van der Waals surface area contributed by atoms with Crippen LogP contribution in [0.4, 0.5) is 0 Å². The molecule has 0 aliphatic heterocycles. The Kier molecular flexibility index (Phi) is 18.0. The smallest absolute Gasteiger partial charge is 0.323 e. The van der Waals surface area contributed by atoms with Crippen LogP contribution < -0.4 is 29.6 Å². The number of aliphatic hydroxyl groups excluding tert-OH is 2. The molecule has 8 rings (SSSR count). The number of carboxylic acids is 2. The summed E-state index contributed by atoms with van der Waals surface area (Å²) in [5.41, 5.74) is 8.34. The standard InChI is InChI=1S/C56H56Cl2N8O10/c1-33-39(31-75-49-23-47(41(21-45(49)57)27-61-53(35(3)67)55(69)70)73-29-37-13-15-51(59-25-37)65-19-7-17-63-65)9-5-11-43(33)44-12-6-10-40(34(44)2)32-76-50-24-48(42(22-46(50)58)28-62-54(36(4)68)56(71)72)74-30-38-14-16-52(60-26-38)66-20-8-18-64-66/h5-26,35-36,53-54,61-62,67-68H,27-32H2,1-4H3,(H,69,70)(H,71,72). The first-order chi connectivity index (χ1) is 36.6. The normalized spacial score (nSPS) is 12.9. The van der Waals surface area contributed by atoms with Crippen molar-refractivity contribution in [3.63, 3.8) is 0 Å². The van der Waals surface area contributed by atoms with Crippen LogP contribution in [0.25, 0.3) is 22.8 Å². The number of aliphatic hydroxyl groups is 2. The zero-order valence-electron chi connectivity index (χ0n) is 41.9. The van der Waals surface area contributed by atoms with Crippen LogP contribution >= 0.6 is 23.2 Å². The molecule has 0 aliphatic rings. The van der Waals surface area contributed by atoms with Crippen molar-refractivity contribution in [3.05, 3.63) is 189 Å². The average Bonchev–Trinajstić information content (AvgIpc) is 4.16. The van der Waals surface area contributed by atoms with E-state index in [0.29, 0.717) is 45.8 Å². The molecule has 0 spiro atoms. The highest BCUT2D eigenvalue weighted by Gasteiger charge is 2.25. The Morgan fingerprint density at radius 3 is 1.30 bits per heavy atom. The molecular weight excluding hydrogens is 1020 g/mol. The zero-order chi connectivity index (χ0) is 53.9. The number of aromatic nitrogens is 6. The van der Waals surface area contributed by atoms with E-state index in [2.05, 4.69) is 30.8 Å². The number of hydrogen-bond donors (Lipinski definition) is 6. The summed E-state index contributed by atoms with van der Waals surface area (Å²) in [7, 11) is 0. The number of halogens is 2. The Bertz CT molecular complexity index is 3030. The third kappa shape index (κ3) is 13.5. The monoisotopic (exact) mass is 1070 g/mol. The Labute approximate surface area is 448 Å². The fourth-order valence-electron chi connectivity index (χ4n) is 8.27. The van der Waals surface area contributed by atoms with Gasteiger partial charge in [-0.3, -0.25) is 20.2 Å². The molecule has 18 nitrogen and oxygen atoms in total. The molecule has 4 unspecified atom stereocenters. The molecule has 4 aromatic carbocycles. The molecule has 0 radical (unpaired) electrons. The van der Waals surface area contributed by atoms with Gasteiger partial charge >= 0.3 is 11.9 Å². The van der Waals surface area contributed by atoms with Crippen LogP contribution in [0.1, 0.15) is 58.4 Å². The predicted molar refractivity (Wildman–Crippen MR) is 284 cm³/mol. The molecule has 8 aromatic rings. The molecule has 4 heterocycles. The van der Waals surface area contributed by atoms with E-state index in [1.54, 1.807) is 82.9 Å². The van der Waals surface area contributed by atoms with Crippen molar-refractivity contribution in [1.29, 1.82) is 0 Å². The SMILES string of the molecule is Cc1c(COc2cc(OCc3ccc(-n4cccn4)nc3)c(CNC(C(=O)O)C(C)O)cc2Cl)cccc1-c1cccc(COc2cc(OCc3ccc(-n4cccn4)nc3)c(CNC(C(=O)O)C(C)O)cc2Cl)c1C. The molecule has 0 amide bonds. The van der Waals surface area contributed by atoms with Crippen molar-refractivity contribution in [1.82, 2.24) is 40.2 Å². The topological polar surface area (TPSA) is 237 Å². The minimum atomic E-state index is -1.24. The lowest BCUT2D eigenvalue weighted by Gasteiger charge is -2.20. The summed E-state index contributed by atoms with van der Waals surface area (Å²) in [6.45, 7) is 7.44. The zero-order valence-corrected chi connectivity index (χ0v) is 43.4. The van der Waals surface area contributed by atoms with Crippen LogP contribution in [0.3, 0.4) is 0 Å². The lowest BCUT2D eigenvalue weighted by Crippen LogP contribution is -2.44. The number of carboxylic acid groups (broad SMARTS) is 2. The first-order valence-corrected chi connectivity index (χ1v) is 24.9. The number of nitrogens with one attached hydrogen (secondary N) is 2. The average molecular weight is 1070 g/mol. The van der Waals surface area contributed by atoms with E-state index in [1.807, 2.05) is 74.5 Å². The number of ether oxygens (including phenoxy) is 4. The van der Waals surface area contributed by atoms with Gasteiger partial charge in [-0.15, -0.1) is 0 Å². The van der Waals surface area contributed by atoms with Crippen LogP contribution in [0.5, 0.6) is 23.0 Å². The summed E-state index contributed by atoms with van der Waals surface area (Å²) in [4.78, 5) is 32.8. The number of hydrogen-bond acceptors (Lipinski definition) is 14. The summed E-state index contributed by atoms with van der Waals surface area (Å²) >= 11 is 13.7. The molecule has 0 bridgehead atoms. The van der Waals surface area contributed by atoms with E-state index < -0.39 is 36.2 Å². The van der Waals surface area contributed by atoms with Gasteiger partial charge in [-0.05, 0) is 97.5 Å². The second kappa shape index (κ2) is 25.1. The van der Waals surface area contributed by atoms with E-state index in [4.69, 9.17) is 42.1 Å². The molecule has 76 heavy (non-hydrogen) atoms. The summed E-state index contributed by atoms with van der Waals surface area (Å²) in [5.74, 6) is 0.342. The summed E-state index contributed by atoms with van der Waals surface area (Å²) in [5, 5.41) is 54.5. The Balaban J connectivity index is 0.984. The van der Waals surface area contributed by atoms with Gasteiger partial charge in [0, 0.05) is 84.7 Å². The number of aliphatic carboxylic acids is 2. The third-order valence-electron chi connectivity index (χ3n) is 12.6. The van der Waals surface area contributed by atoms with Gasteiger partial charge in [0.25, 0.3) is 0 Å². The molecule has 4 atom stereocenters. The third-order valence-corrected chi connectivity index (χ3v) is 13.2. The van der Waals surface area contributed by atoms with Gasteiger partial charge in [-0.2, -0.15) is 10.2 Å². The first kappa shape index (κ1) is 54.4. The van der Waals surface area contributed by atoms with Crippen molar-refractivity contribution in [2.45, 2.75) is 91.5 Å². The second-order valence-electron chi connectivity index (χ2n) is 17.9. The Hall–Kier alpha value is -7.84. The Morgan fingerprint density at radius 2 is 0.961 bits per heavy atom. The lowest BCUT2D eigenvalue weighted by atomic mass is 9.92. The van der Waals surface area contributed by atoms with Crippen molar-refractivity contribution >= 4 is 35.1 Å². The van der Waals surface area contributed by atoms with Crippen LogP contribution in [0.15, 0.2) is 134 Å². The molecule has 20 heteroatoms. The largest absolute Gasteiger partial charge is 0.488 e. The van der Waals surface area contributed by atoms with Crippen molar-refractivity contribution in [2.75, 3.05) is 0 Å². The molecule has 0 saturated heterocycles. The fraction of sp³-hybridized carbons (Fsp3) is 0.250. The van der Waals surface area contributed by atoms with Crippen molar-refractivity contribution in [2.24, 2.45) is 0 Å². The van der Waals surface area contributed by atoms with E-state index in [1.165, 1.54) is 13.8 Å². The van der Waals surface area contributed by atoms with Crippen LogP contribution in [0.2, 0.25) is 10.0 Å². The molecule has 6 N–H and O–H groups in total. The van der Waals surface area contributed by atoms with Gasteiger partial charge in [0.2, 0.25) is 0 Å². The van der Waals surface area contributed by atoms with E-state index in [9.17, 15) is 30.0 Å². The quantitative estimate of drug-likeness (QED) is 0.0314. The minimum Gasteiger partial charge on any atom is -0.488 e. The Morgan fingerprint density at radius 1 is 0.553 bits per heavy atom. The number of rotatable bonds is 25. The fourth-order valence-corrected chi connectivity index (χ4v) is 8.75. The highest BCUT2D eigenvalue weighted by Crippen LogP contribution is 2.38. The van der Waals surface area contributed by atoms with Crippen LogP contribution in [-0.2, 0) is 49.1 Å². The number of carbonyl (C=O) groups is 2. The molecule has 0 fully saturated rings. The number of nitrogens with zero attached hydrogens (tertiary/aromatic N) is 6. The maximum absolute atomic E-state index is 11.9. The molecular formula is C56H56Cl2N8O10. The van der Waals surface area contributed by atoms with E-state index in [0.717, 1.165) is 44.5 Å². The highest BCUT2D eigenvalue weighted by atomic mass is 35.5. The molecule has 394 valence electrons. The van der Waals surface area contributed by atoms with Gasteiger partial charge in [0.05, 0.1) is 22.3 Å². The lowest BCUT2D eigenvalue weighted by molar-refractivity contribution is -0.143. The summed E-state index contributed by atoms with van der Waals surface area (Å²) in [6, 6.07) is 27.2. The van der Waals surface area contributed by atoms with Gasteiger partial charge in [0.1, 0.15) is 61.5 Å². The van der Waals surface area contributed by atoms with Gasteiger partial charge in [0.15, 0.2) is 11.6 Å². The molecule has 0 aliphatic carbocycles. The first-order valence-electron chi connectivity index (χ1n) is 24.1. The summed E-state index contributed by atoms with van der Waals surface area (Å²) in [6.07, 6.45) is 7.95. The maximum atomic E-state index is 11.9. The summed E-state index contributed by atoms with van der Waals surface area (Å²) < 4.78 is 28.7.